The highest BCUT2D eigenvalue weighted by Crippen LogP contribution is 2.28. The van der Waals surface area contributed by atoms with Crippen LogP contribution in [-0.2, 0) is 11.2 Å². The lowest BCUT2D eigenvalue weighted by atomic mass is 10.1. The molecule has 9 heteroatoms. The molecule has 4 heterocycles. The first-order valence-electron chi connectivity index (χ1n) is 12.0. The molecule has 1 aliphatic heterocycles. The summed E-state index contributed by atoms with van der Waals surface area (Å²) in [5, 5.41) is 4.62. The van der Waals surface area contributed by atoms with E-state index in [0.717, 1.165) is 11.3 Å². The van der Waals surface area contributed by atoms with Gasteiger partial charge in [0.25, 0.3) is 11.6 Å². The van der Waals surface area contributed by atoms with Gasteiger partial charge in [0.2, 0.25) is 5.91 Å². The number of fused-ring (bicyclic) bond motifs is 1. The van der Waals surface area contributed by atoms with Crippen molar-refractivity contribution >= 4 is 22.9 Å². The standard InChI is InChI=1S/C27H28N4O5/c1-18-25-21(17-22(23-5-3-16-35-23)28-26(25)36-29-18)27(33)31-13-4-12-30(14-15-31)24(32)11-8-19-6-9-20(34-2)10-7-19/h3,5-7,9-10,16-17H,4,8,11-15H2,1-2H3. The highest BCUT2D eigenvalue weighted by molar-refractivity contribution is 6.06. The van der Waals surface area contributed by atoms with Crippen molar-refractivity contribution in [1.29, 1.82) is 0 Å². The molecule has 1 fully saturated rings. The van der Waals surface area contributed by atoms with Crippen LogP contribution in [-0.4, -0.2) is 65.0 Å². The van der Waals surface area contributed by atoms with Crippen LogP contribution in [0.15, 0.2) is 57.7 Å². The summed E-state index contributed by atoms with van der Waals surface area (Å²) in [7, 11) is 1.63. The van der Waals surface area contributed by atoms with Crippen LogP contribution >= 0.6 is 0 Å². The van der Waals surface area contributed by atoms with E-state index < -0.39 is 0 Å². The first-order chi connectivity index (χ1) is 17.5. The monoisotopic (exact) mass is 488 g/mol. The van der Waals surface area contributed by atoms with E-state index >= 15 is 0 Å². The van der Waals surface area contributed by atoms with Gasteiger partial charge < -0.3 is 23.5 Å². The van der Waals surface area contributed by atoms with E-state index in [4.69, 9.17) is 13.7 Å². The molecule has 0 atom stereocenters. The van der Waals surface area contributed by atoms with E-state index in [1.807, 2.05) is 29.2 Å². The highest BCUT2D eigenvalue weighted by Gasteiger charge is 2.27. The zero-order valence-corrected chi connectivity index (χ0v) is 20.4. The van der Waals surface area contributed by atoms with Gasteiger partial charge in [-0.3, -0.25) is 9.59 Å². The zero-order valence-electron chi connectivity index (χ0n) is 20.4. The summed E-state index contributed by atoms with van der Waals surface area (Å²) < 4.78 is 16.1. The van der Waals surface area contributed by atoms with Crippen molar-refractivity contribution in [3.63, 3.8) is 0 Å². The minimum absolute atomic E-state index is 0.0985. The Morgan fingerprint density at radius 1 is 1.06 bits per heavy atom. The van der Waals surface area contributed by atoms with Gasteiger partial charge in [-0.25, -0.2) is 4.98 Å². The molecule has 36 heavy (non-hydrogen) atoms. The van der Waals surface area contributed by atoms with Crippen LogP contribution in [0.25, 0.3) is 22.6 Å². The molecule has 3 aromatic heterocycles. The van der Waals surface area contributed by atoms with Crippen LogP contribution in [0.1, 0.15) is 34.5 Å². The lowest BCUT2D eigenvalue weighted by molar-refractivity contribution is -0.131. The highest BCUT2D eigenvalue weighted by atomic mass is 16.5. The second-order valence-corrected chi connectivity index (χ2v) is 8.86. The molecule has 0 spiro atoms. The predicted molar refractivity (Wildman–Crippen MR) is 133 cm³/mol. The van der Waals surface area contributed by atoms with Crippen LogP contribution in [0.5, 0.6) is 5.75 Å². The first kappa shape index (κ1) is 23.6. The average molecular weight is 489 g/mol. The summed E-state index contributed by atoms with van der Waals surface area (Å²) in [6.45, 7) is 3.93. The number of ether oxygens (including phenoxy) is 1. The minimum Gasteiger partial charge on any atom is -0.497 e. The Labute approximate surface area is 208 Å². The maximum Gasteiger partial charge on any atom is 0.259 e. The third kappa shape index (κ3) is 4.82. The van der Waals surface area contributed by atoms with Gasteiger partial charge in [0.1, 0.15) is 11.4 Å². The summed E-state index contributed by atoms with van der Waals surface area (Å²) in [6.07, 6.45) is 3.36. The van der Waals surface area contributed by atoms with Crippen LogP contribution < -0.4 is 4.74 Å². The summed E-state index contributed by atoms with van der Waals surface area (Å²) >= 11 is 0. The Balaban J connectivity index is 1.28. The molecular weight excluding hydrogens is 460 g/mol. The SMILES string of the molecule is COc1ccc(CCC(=O)N2CCCN(C(=O)c3cc(-c4ccco4)nc4onc(C)c34)CC2)cc1. The number of nitrogens with zero attached hydrogens (tertiary/aromatic N) is 4. The normalized spacial score (nSPS) is 14.2. The molecule has 0 aliphatic carbocycles. The lowest BCUT2D eigenvalue weighted by Gasteiger charge is -2.22. The molecule has 1 saturated heterocycles. The smallest absolute Gasteiger partial charge is 0.259 e. The number of pyridine rings is 1. The van der Waals surface area contributed by atoms with E-state index in [1.165, 1.54) is 0 Å². The topological polar surface area (TPSA) is 102 Å². The lowest BCUT2D eigenvalue weighted by Crippen LogP contribution is -2.37. The molecule has 1 aliphatic rings. The van der Waals surface area contributed by atoms with Crippen LogP contribution in [0, 0.1) is 6.92 Å². The van der Waals surface area contributed by atoms with E-state index in [-0.39, 0.29) is 11.8 Å². The van der Waals surface area contributed by atoms with Gasteiger partial charge in [-0.15, -0.1) is 0 Å². The Morgan fingerprint density at radius 2 is 1.83 bits per heavy atom. The molecule has 9 nitrogen and oxygen atoms in total. The molecule has 0 bridgehead atoms. The molecule has 4 aromatic rings. The number of carbonyl (C=O) groups is 2. The van der Waals surface area contributed by atoms with Crippen molar-refractivity contribution in [2.24, 2.45) is 0 Å². The number of methoxy groups -OCH3 is 1. The molecule has 0 saturated carbocycles. The van der Waals surface area contributed by atoms with Gasteiger partial charge in [0.15, 0.2) is 5.76 Å². The van der Waals surface area contributed by atoms with Crippen molar-refractivity contribution in [3.05, 3.63) is 65.5 Å². The second-order valence-electron chi connectivity index (χ2n) is 8.86. The fraction of sp³-hybridized carbons (Fsp3) is 0.333. The summed E-state index contributed by atoms with van der Waals surface area (Å²) in [5.41, 5.74) is 2.99. The van der Waals surface area contributed by atoms with Crippen LogP contribution in [0.3, 0.4) is 0 Å². The van der Waals surface area contributed by atoms with Gasteiger partial charge in [-0.2, -0.15) is 0 Å². The van der Waals surface area contributed by atoms with Crippen molar-refractivity contribution in [2.45, 2.75) is 26.2 Å². The first-order valence-corrected chi connectivity index (χ1v) is 12.0. The third-order valence-electron chi connectivity index (χ3n) is 6.54. The number of furan rings is 1. The Kier molecular flexibility index (Phi) is 6.71. The van der Waals surface area contributed by atoms with E-state index in [9.17, 15) is 9.59 Å². The number of hydrogen-bond donors (Lipinski definition) is 0. The number of hydrogen-bond acceptors (Lipinski definition) is 7. The molecule has 186 valence electrons. The summed E-state index contributed by atoms with van der Waals surface area (Å²) in [5.74, 6) is 1.31. The van der Waals surface area contributed by atoms with Crippen molar-refractivity contribution < 1.29 is 23.3 Å². The number of aromatic nitrogens is 2. The molecule has 0 unspecified atom stereocenters. The summed E-state index contributed by atoms with van der Waals surface area (Å²) in [6, 6.07) is 13.1. The summed E-state index contributed by atoms with van der Waals surface area (Å²) in [4.78, 5) is 34.7. The third-order valence-corrected chi connectivity index (χ3v) is 6.54. The van der Waals surface area contributed by atoms with Gasteiger partial charge in [0, 0.05) is 32.6 Å². The van der Waals surface area contributed by atoms with Gasteiger partial charge in [-0.1, -0.05) is 17.3 Å². The second kappa shape index (κ2) is 10.2. The molecule has 1 aromatic carbocycles. The predicted octanol–water partition coefficient (Wildman–Crippen LogP) is 4.11. The maximum absolute atomic E-state index is 13.7. The molecule has 0 N–H and O–H groups in total. The molecular formula is C27H28N4O5. The van der Waals surface area contributed by atoms with Crippen molar-refractivity contribution in [2.75, 3.05) is 33.3 Å². The minimum atomic E-state index is -0.131. The average Bonchev–Trinajstić information content (AvgIpc) is 3.50. The molecule has 0 radical (unpaired) electrons. The van der Waals surface area contributed by atoms with Crippen LogP contribution in [0.2, 0.25) is 0 Å². The van der Waals surface area contributed by atoms with E-state index in [1.54, 1.807) is 43.4 Å². The van der Waals surface area contributed by atoms with Crippen LogP contribution in [0.4, 0.5) is 0 Å². The fourth-order valence-electron chi connectivity index (χ4n) is 4.56. The zero-order chi connectivity index (χ0) is 25.1. The van der Waals surface area contributed by atoms with Crippen molar-refractivity contribution in [1.82, 2.24) is 19.9 Å². The Morgan fingerprint density at radius 3 is 2.58 bits per heavy atom. The van der Waals surface area contributed by atoms with Gasteiger partial charge in [0.05, 0.1) is 30.0 Å². The van der Waals surface area contributed by atoms with E-state index in [2.05, 4.69) is 10.1 Å². The number of benzene rings is 1. The molecule has 5 rings (SSSR count). The quantitative estimate of drug-likeness (QED) is 0.403. The Hall–Kier alpha value is -4.14. The van der Waals surface area contributed by atoms with Crippen molar-refractivity contribution in [3.8, 4) is 17.2 Å². The largest absolute Gasteiger partial charge is 0.497 e. The fourth-order valence-corrected chi connectivity index (χ4v) is 4.56. The number of carbonyl (C=O) groups excluding carboxylic acids is 2. The Bertz CT molecular complexity index is 1360. The van der Waals surface area contributed by atoms with Gasteiger partial charge in [-0.05, 0) is 55.7 Å². The number of rotatable bonds is 6. The molecule has 2 amide bonds. The maximum atomic E-state index is 13.7. The number of aryl methyl sites for hydroxylation is 2. The van der Waals surface area contributed by atoms with Gasteiger partial charge >= 0.3 is 0 Å². The van der Waals surface area contributed by atoms with E-state index in [0.29, 0.717) is 79.3 Å². The number of amides is 2.